The third-order valence-corrected chi connectivity index (χ3v) is 5.96. The summed E-state index contributed by atoms with van der Waals surface area (Å²) in [6.07, 6.45) is 1.67. The van der Waals surface area contributed by atoms with Crippen LogP contribution in [-0.4, -0.2) is 20.3 Å². The topological polar surface area (TPSA) is 83.7 Å². The zero-order valence-corrected chi connectivity index (χ0v) is 17.5. The normalized spacial score (nSPS) is 15.8. The number of carbonyl (C=O) groups excluding carboxylic acids is 1. The smallest absolute Gasteiger partial charge is 0.270 e. The third-order valence-electron chi connectivity index (χ3n) is 3.45. The van der Waals surface area contributed by atoms with Gasteiger partial charge in [-0.15, -0.1) is 0 Å². The number of phenolic OH excluding ortho intramolecular Hbond substituents is 1. The van der Waals surface area contributed by atoms with Crippen LogP contribution in [-0.2, 0) is 4.79 Å². The van der Waals surface area contributed by atoms with Gasteiger partial charge in [-0.2, -0.15) is 0 Å². The monoisotopic (exact) mass is 514 g/mol. The Morgan fingerprint density at radius 2 is 1.77 bits per heavy atom. The number of phenols is 1. The number of nitro benzene ring substituents is 1. The van der Waals surface area contributed by atoms with Gasteiger partial charge >= 0.3 is 0 Å². The highest BCUT2D eigenvalue weighted by atomic mass is 79.9. The number of nitro groups is 1. The van der Waals surface area contributed by atoms with E-state index in [1.807, 2.05) is 0 Å². The van der Waals surface area contributed by atoms with Crippen LogP contribution in [0.5, 0.6) is 5.75 Å². The van der Waals surface area contributed by atoms with Crippen LogP contribution >= 0.6 is 55.8 Å². The fourth-order valence-electron chi connectivity index (χ4n) is 2.23. The first-order valence-corrected chi connectivity index (χ1v) is 9.79. The van der Waals surface area contributed by atoms with E-state index in [9.17, 15) is 20.0 Å². The molecule has 0 spiro atoms. The lowest BCUT2D eigenvalue weighted by Gasteiger charge is -2.13. The Morgan fingerprint density at radius 1 is 1.19 bits per heavy atom. The van der Waals surface area contributed by atoms with Crippen molar-refractivity contribution in [1.82, 2.24) is 0 Å². The quantitative estimate of drug-likeness (QED) is 0.261. The predicted molar refractivity (Wildman–Crippen MR) is 112 cm³/mol. The average molecular weight is 516 g/mol. The fourth-order valence-corrected chi connectivity index (χ4v) is 4.75. The second-order valence-corrected chi connectivity index (χ2v) is 8.51. The van der Waals surface area contributed by atoms with Crippen LogP contribution in [0.2, 0.25) is 0 Å². The summed E-state index contributed by atoms with van der Waals surface area (Å²) in [7, 11) is 0. The molecule has 3 rings (SSSR count). The summed E-state index contributed by atoms with van der Waals surface area (Å²) in [4.78, 5) is 24.7. The van der Waals surface area contributed by atoms with Crippen molar-refractivity contribution in [3.8, 4) is 5.75 Å². The minimum absolute atomic E-state index is 0.0615. The van der Waals surface area contributed by atoms with Crippen molar-refractivity contribution in [2.45, 2.75) is 0 Å². The summed E-state index contributed by atoms with van der Waals surface area (Å²) in [5.74, 6) is -0.241. The van der Waals surface area contributed by atoms with Crippen LogP contribution < -0.4 is 4.90 Å². The zero-order valence-electron chi connectivity index (χ0n) is 12.7. The lowest BCUT2D eigenvalue weighted by atomic mass is 10.2. The molecule has 0 radical (unpaired) electrons. The number of thiocarbonyl (C=S) groups is 1. The molecule has 6 nitrogen and oxygen atoms in total. The molecule has 132 valence electrons. The number of thioether (sulfide) groups is 1. The van der Waals surface area contributed by atoms with Gasteiger partial charge in [0.2, 0.25) is 0 Å². The molecule has 2 aromatic carbocycles. The third kappa shape index (κ3) is 3.68. The highest BCUT2D eigenvalue weighted by Crippen LogP contribution is 2.38. The van der Waals surface area contributed by atoms with Gasteiger partial charge in [0.25, 0.3) is 11.6 Å². The largest absolute Gasteiger partial charge is 0.506 e. The molecule has 26 heavy (non-hydrogen) atoms. The molecule has 2 aromatic rings. The van der Waals surface area contributed by atoms with Crippen LogP contribution in [0.15, 0.2) is 50.2 Å². The number of anilines is 1. The lowest BCUT2D eigenvalue weighted by Crippen LogP contribution is -2.27. The zero-order chi connectivity index (χ0) is 19.0. The maximum atomic E-state index is 12.7. The van der Waals surface area contributed by atoms with Crippen molar-refractivity contribution in [3.63, 3.8) is 0 Å². The first-order valence-electron chi connectivity index (χ1n) is 6.98. The number of amides is 1. The van der Waals surface area contributed by atoms with Crippen LogP contribution in [0.1, 0.15) is 5.56 Å². The molecule has 1 fully saturated rings. The van der Waals surface area contributed by atoms with Gasteiger partial charge in [-0.25, -0.2) is 0 Å². The molecule has 1 saturated heterocycles. The van der Waals surface area contributed by atoms with E-state index >= 15 is 0 Å². The number of non-ortho nitro benzene ring substituents is 1. The molecule has 1 aliphatic heterocycles. The summed E-state index contributed by atoms with van der Waals surface area (Å²) in [6, 6.07) is 8.98. The molecule has 0 aliphatic carbocycles. The lowest BCUT2D eigenvalue weighted by molar-refractivity contribution is -0.384. The van der Waals surface area contributed by atoms with Crippen LogP contribution in [0.25, 0.3) is 6.08 Å². The molecule has 0 saturated carbocycles. The molecule has 1 aliphatic rings. The van der Waals surface area contributed by atoms with Gasteiger partial charge in [0.1, 0.15) is 5.75 Å². The fraction of sp³-hybridized carbons (Fsp3) is 0. The molecule has 1 heterocycles. The number of rotatable bonds is 3. The molecule has 1 amide bonds. The summed E-state index contributed by atoms with van der Waals surface area (Å²) in [5.41, 5.74) is 1.11. The Labute approximate surface area is 174 Å². The minimum atomic E-state index is -0.505. The van der Waals surface area contributed by atoms with Crippen LogP contribution in [0.3, 0.4) is 0 Å². The molecule has 1 N–H and O–H groups in total. The molecule has 10 heteroatoms. The summed E-state index contributed by atoms with van der Waals surface area (Å²) >= 11 is 12.9. The second kappa shape index (κ2) is 7.47. The van der Waals surface area contributed by atoms with Crippen molar-refractivity contribution < 1.29 is 14.8 Å². The van der Waals surface area contributed by atoms with Crippen LogP contribution in [0.4, 0.5) is 11.4 Å². The van der Waals surface area contributed by atoms with Gasteiger partial charge in [0.15, 0.2) is 4.32 Å². The first kappa shape index (κ1) is 19.0. The van der Waals surface area contributed by atoms with Gasteiger partial charge in [-0.3, -0.25) is 19.8 Å². The van der Waals surface area contributed by atoms with Crippen molar-refractivity contribution in [3.05, 3.63) is 65.9 Å². The SMILES string of the molecule is O=C1/C(=C\c2cc(Br)c(O)c(Br)c2)SC(=S)N1c1ccc([N+](=O)[O-])cc1. The number of carbonyl (C=O) groups is 1. The van der Waals surface area contributed by atoms with E-state index in [4.69, 9.17) is 12.2 Å². The minimum Gasteiger partial charge on any atom is -0.506 e. The molecule has 0 unspecified atom stereocenters. The molecular formula is C16H8Br2N2O4S2. The van der Waals surface area contributed by atoms with E-state index in [-0.39, 0.29) is 17.3 Å². The van der Waals surface area contributed by atoms with Crippen molar-refractivity contribution >= 4 is 83.5 Å². The van der Waals surface area contributed by atoms with Crippen LogP contribution in [0, 0.1) is 10.1 Å². The number of hydrogen-bond donors (Lipinski definition) is 1. The Bertz CT molecular complexity index is 954. The Morgan fingerprint density at radius 3 is 2.31 bits per heavy atom. The van der Waals surface area contributed by atoms with Gasteiger partial charge in [-0.05, 0) is 67.8 Å². The number of benzene rings is 2. The maximum Gasteiger partial charge on any atom is 0.270 e. The van der Waals surface area contributed by atoms with Gasteiger partial charge < -0.3 is 5.11 Å². The summed E-state index contributed by atoms with van der Waals surface area (Å²) in [6.45, 7) is 0. The molecule has 0 atom stereocenters. The number of aromatic hydroxyl groups is 1. The highest BCUT2D eigenvalue weighted by Gasteiger charge is 2.33. The van der Waals surface area contributed by atoms with Crippen molar-refractivity contribution in [1.29, 1.82) is 0 Å². The van der Waals surface area contributed by atoms with E-state index in [1.165, 1.54) is 29.2 Å². The molecule has 0 bridgehead atoms. The maximum absolute atomic E-state index is 12.7. The number of nitrogens with zero attached hydrogens (tertiary/aromatic N) is 2. The molecular weight excluding hydrogens is 508 g/mol. The Balaban J connectivity index is 1.92. The van der Waals surface area contributed by atoms with Gasteiger partial charge in [0, 0.05) is 12.1 Å². The average Bonchev–Trinajstić information content (AvgIpc) is 2.86. The number of hydrogen-bond acceptors (Lipinski definition) is 6. The van der Waals surface area contributed by atoms with E-state index in [1.54, 1.807) is 18.2 Å². The Hall–Kier alpha value is -1.75. The van der Waals surface area contributed by atoms with E-state index in [0.717, 1.165) is 11.8 Å². The standard InChI is InChI=1S/C16H8Br2N2O4S2/c17-11-5-8(6-12(18)14(11)21)7-13-15(22)19(16(25)26-13)9-1-3-10(4-2-9)20(23)24/h1-7,21H/b13-7+. The van der Waals surface area contributed by atoms with E-state index < -0.39 is 4.92 Å². The van der Waals surface area contributed by atoms with Gasteiger partial charge in [0.05, 0.1) is 24.5 Å². The van der Waals surface area contributed by atoms with Gasteiger partial charge in [-0.1, -0.05) is 24.0 Å². The van der Waals surface area contributed by atoms with E-state index in [0.29, 0.717) is 29.4 Å². The summed E-state index contributed by atoms with van der Waals surface area (Å²) < 4.78 is 1.32. The van der Waals surface area contributed by atoms with E-state index in [2.05, 4.69) is 31.9 Å². The Kier molecular flexibility index (Phi) is 5.47. The van der Waals surface area contributed by atoms with Crippen molar-refractivity contribution in [2.24, 2.45) is 0 Å². The van der Waals surface area contributed by atoms with Crippen molar-refractivity contribution in [2.75, 3.05) is 4.90 Å². The first-order chi connectivity index (χ1) is 12.3. The number of halogens is 2. The summed E-state index contributed by atoms with van der Waals surface area (Å²) in [5, 5.41) is 20.5. The predicted octanol–water partition coefficient (Wildman–Crippen LogP) is 5.23. The molecule has 0 aromatic heterocycles. The highest BCUT2D eigenvalue weighted by molar-refractivity contribution is 9.11. The second-order valence-electron chi connectivity index (χ2n) is 5.12.